The maximum Gasteiger partial charge on any atom is 0.398 e. The van der Waals surface area contributed by atoms with Crippen molar-refractivity contribution in [1.29, 1.82) is 0 Å². The number of halogens is 4. The molecule has 0 bridgehead atoms. The van der Waals surface area contributed by atoms with Crippen LogP contribution in [0.15, 0.2) is 29.2 Å². The second-order valence-electron chi connectivity index (χ2n) is 2.63. The van der Waals surface area contributed by atoms with Crippen molar-refractivity contribution in [2.24, 2.45) is 0 Å². The molecule has 0 aliphatic carbocycles. The Morgan fingerprint density at radius 2 is 2.07 bits per heavy atom. The second-order valence-corrected chi connectivity index (χ2v) is 4.14. The highest BCUT2D eigenvalue weighted by Gasteiger charge is 2.27. The van der Waals surface area contributed by atoms with Crippen LogP contribution in [0, 0.1) is 0 Å². The number of alkyl halides is 4. The molecule has 1 aromatic carbocycles. The molecule has 0 saturated carbocycles. The summed E-state index contributed by atoms with van der Waals surface area (Å²) in [5, 5.41) is 0. The lowest BCUT2D eigenvalue weighted by Crippen LogP contribution is -2.10. The quantitative estimate of drug-likeness (QED) is 0.612. The van der Waals surface area contributed by atoms with Crippen molar-refractivity contribution in [3.05, 3.63) is 24.3 Å². The van der Waals surface area contributed by atoms with Gasteiger partial charge in [-0.15, -0.1) is 11.8 Å². The Labute approximate surface area is 98.1 Å². The first kappa shape index (κ1) is 12.7. The van der Waals surface area contributed by atoms with Gasteiger partial charge in [0.15, 0.2) is 0 Å². The summed E-state index contributed by atoms with van der Waals surface area (Å²) in [6.07, 6.45) is -4.14. The Hall–Kier alpha value is -0.360. The molecule has 0 N–H and O–H groups in total. The molecular formula is C9H8BrF3OS. The van der Waals surface area contributed by atoms with E-state index in [-0.39, 0.29) is 0 Å². The first-order valence-electron chi connectivity index (χ1n) is 3.99. The predicted molar refractivity (Wildman–Crippen MR) is 57.6 cm³/mol. The van der Waals surface area contributed by atoms with Gasteiger partial charge in [0.25, 0.3) is 0 Å². The van der Waals surface area contributed by atoms with Gasteiger partial charge in [0.05, 0.1) is 5.75 Å². The van der Waals surface area contributed by atoms with Crippen LogP contribution in [0.4, 0.5) is 13.2 Å². The predicted octanol–water partition coefficient (Wildman–Crippen LogP) is 4.07. The average Bonchev–Trinajstić information content (AvgIpc) is 2.15. The van der Waals surface area contributed by atoms with Gasteiger partial charge in [0.2, 0.25) is 0 Å². The standard InChI is InChI=1S/C9H8BrF3OS/c10-6-14-7-2-1-3-8(4-7)15-5-9(11,12)13/h1-4H,5-6H2. The highest BCUT2D eigenvalue weighted by Crippen LogP contribution is 2.29. The van der Waals surface area contributed by atoms with E-state index in [1.165, 1.54) is 0 Å². The number of ether oxygens (including phenoxy) is 1. The molecule has 1 aromatic rings. The largest absolute Gasteiger partial charge is 0.482 e. The van der Waals surface area contributed by atoms with Crippen LogP contribution >= 0.6 is 27.7 Å². The minimum Gasteiger partial charge on any atom is -0.482 e. The Balaban J connectivity index is 2.57. The van der Waals surface area contributed by atoms with Crippen LogP contribution in [0.1, 0.15) is 0 Å². The first-order valence-corrected chi connectivity index (χ1v) is 6.10. The fourth-order valence-corrected chi connectivity index (χ4v) is 1.85. The topological polar surface area (TPSA) is 9.23 Å². The lowest BCUT2D eigenvalue weighted by molar-refractivity contribution is -0.105. The third-order valence-electron chi connectivity index (χ3n) is 1.43. The highest BCUT2D eigenvalue weighted by atomic mass is 79.9. The number of hydrogen-bond donors (Lipinski definition) is 0. The van der Waals surface area contributed by atoms with E-state index in [4.69, 9.17) is 4.74 Å². The van der Waals surface area contributed by atoms with Gasteiger partial charge in [0, 0.05) is 4.90 Å². The highest BCUT2D eigenvalue weighted by molar-refractivity contribution is 9.09. The third kappa shape index (κ3) is 5.32. The molecule has 0 saturated heterocycles. The molecule has 1 rings (SSSR count). The summed E-state index contributed by atoms with van der Waals surface area (Å²) in [6, 6.07) is 6.56. The van der Waals surface area contributed by atoms with E-state index in [1.54, 1.807) is 24.3 Å². The van der Waals surface area contributed by atoms with Crippen molar-refractivity contribution in [1.82, 2.24) is 0 Å². The zero-order valence-electron chi connectivity index (χ0n) is 7.55. The molecule has 1 nitrogen and oxygen atoms in total. The molecule has 0 amide bonds. The summed E-state index contributed by atoms with van der Waals surface area (Å²) in [4.78, 5) is 0.547. The lowest BCUT2D eigenvalue weighted by Gasteiger charge is -2.07. The number of rotatable bonds is 4. The summed E-state index contributed by atoms with van der Waals surface area (Å²) in [5.41, 5.74) is 0.320. The average molecular weight is 301 g/mol. The van der Waals surface area contributed by atoms with Gasteiger partial charge in [-0.05, 0) is 34.1 Å². The van der Waals surface area contributed by atoms with E-state index in [2.05, 4.69) is 15.9 Å². The van der Waals surface area contributed by atoms with Crippen LogP contribution in [0.2, 0.25) is 0 Å². The summed E-state index contributed by atoms with van der Waals surface area (Å²) >= 11 is 3.82. The van der Waals surface area contributed by atoms with Crippen LogP contribution in [0.3, 0.4) is 0 Å². The normalized spacial score (nSPS) is 11.5. The number of benzene rings is 1. The van der Waals surface area contributed by atoms with E-state index in [0.29, 0.717) is 16.2 Å². The van der Waals surface area contributed by atoms with Crippen molar-refractivity contribution in [2.45, 2.75) is 11.1 Å². The molecule has 0 radical (unpaired) electrons. The number of thioether (sulfide) groups is 1. The molecule has 84 valence electrons. The second kappa shape index (κ2) is 5.65. The molecule has 6 heteroatoms. The van der Waals surface area contributed by atoms with Crippen LogP contribution in [0.5, 0.6) is 5.75 Å². The fraction of sp³-hybridized carbons (Fsp3) is 0.333. The van der Waals surface area contributed by atoms with E-state index in [1.807, 2.05) is 0 Å². The van der Waals surface area contributed by atoms with E-state index >= 15 is 0 Å². The first-order chi connectivity index (χ1) is 7.01. The van der Waals surface area contributed by atoms with Gasteiger partial charge in [-0.25, -0.2) is 0 Å². The Morgan fingerprint density at radius 3 is 2.67 bits per heavy atom. The van der Waals surface area contributed by atoms with E-state index in [0.717, 1.165) is 11.8 Å². The Kier molecular flexibility index (Phi) is 4.79. The van der Waals surface area contributed by atoms with Crippen molar-refractivity contribution >= 4 is 27.7 Å². The van der Waals surface area contributed by atoms with Gasteiger partial charge in [0.1, 0.15) is 11.3 Å². The zero-order chi connectivity index (χ0) is 11.3. The monoisotopic (exact) mass is 300 g/mol. The van der Waals surface area contributed by atoms with Gasteiger partial charge < -0.3 is 4.74 Å². The molecule has 0 heterocycles. The van der Waals surface area contributed by atoms with Crippen LogP contribution in [-0.2, 0) is 0 Å². The molecule has 0 unspecified atom stereocenters. The Morgan fingerprint density at radius 1 is 1.33 bits per heavy atom. The van der Waals surface area contributed by atoms with Crippen molar-refractivity contribution < 1.29 is 17.9 Å². The maximum atomic E-state index is 11.9. The molecule has 15 heavy (non-hydrogen) atoms. The minimum absolute atomic E-state index is 0.320. The van der Waals surface area contributed by atoms with Crippen molar-refractivity contribution in [2.75, 3.05) is 11.3 Å². The van der Waals surface area contributed by atoms with Crippen LogP contribution in [0.25, 0.3) is 0 Å². The molecule has 0 spiro atoms. The van der Waals surface area contributed by atoms with Gasteiger partial charge in [-0.1, -0.05) is 6.07 Å². The van der Waals surface area contributed by atoms with Crippen molar-refractivity contribution in [3.63, 3.8) is 0 Å². The fourth-order valence-electron chi connectivity index (χ4n) is 0.882. The van der Waals surface area contributed by atoms with E-state index in [9.17, 15) is 13.2 Å². The van der Waals surface area contributed by atoms with Crippen LogP contribution in [-0.4, -0.2) is 17.4 Å². The third-order valence-corrected chi connectivity index (χ3v) is 2.72. The zero-order valence-corrected chi connectivity index (χ0v) is 9.95. The lowest BCUT2D eigenvalue weighted by atomic mass is 10.3. The SMILES string of the molecule is FC(F)(F)CSc1cccc(OCBr)c1. The minimum atomic E-state index is -4.14. The van der Waals surface area contributed by atoms with Crippen LogP contribution < -0.4 is 4.74 Å². The smallest absolute Gasteiger partial charge is 0.398 e. The molecule has 0 fully saturated rings. The van der Waals surface area contributed by atoms with E-state index < -0.39 is 11.9 Å². The summed E-state index contributed by atoms with van der Waals surface area (Å²) in [5.74, 6) is -0.329. The molecule has 0 aromatic heterocycles. The van der Waals surface area contributed by atoms with Crippen molar-refractivity contribution in [3.8, 4) is 5.75 Å². The Bertz CT molecular complexity index is 316. The molecular weight excluding hydrogens is 293 g/mol. The summed E-state index contributed by atoms with van der Waals surface area (Å²) in [7, 11) is 0. The maximum absolute atomic E-state index is 11.9. The molecule has 0 atom stereocenters. The van der Waals surface area contributed by atoms with Gasteiger partial charge in [-0.2, -0.15) is 13.2 Å². The van der Waals surface area contributed by atoms with Gasteiger partial charge in [-0.3, -0.25) is 0 Å². The van der Waals surface area contributed by atoms with Gasteiger partial charge >= 0.3 is 6.18 Å². The number of hydrogen-bond acceptors (Lipinski definition) is 2. The summed E-state index contributed by atoms with van der Waals surface area (Å²) < 4.78 is 40.9. The molecule has 0 aliphatic heterocycles. The summed E-state index contributed by atoms with van der Waals surface area (Å²) in [6.45, 7) is 0. The molecule has 0 aliphatic rings.